The third-order valence-electron chi connectivity index (χ3n) is 5.15. The molecular formula is C22H24N4O3. The molecule has 1 unspecified atom stereocenters. The largest absolute Gasteiger partial charge is 0.495 e. The lowest BCUT2D eigenvalue weighted by molar-refractivity contribution is -0.120. The molecule has 0 saturated carbocycles. The molecule has 29 heavy (non-hydrogen) atoms. The molecule has 1 aromatic carbocycles. The third-order valence-corrected chi connectivity index (χ3v) is 5.15. The van der Waals surface area contributed by atoms with Crippen LogP contribution >= 0.6 is 0 Å². The molecule has 0 bridgehead atoms. The number of hydrogen-bond donors (Lipinski definition) is 1. The average molecular weight is 392 g/mol. The lowest BCUT2D eigenvalue weighted by Gasteiger charge is -2.32. The molecule has 1 aliphatic heterocycles. The van der Waals surface area contributed by atoms with Gasteiger partial charge < -0.3 is 19.4 Å². The van der Waals surface area contributed by atoms with Crippen LogP contribution in [0.25, 0.3) is 11.5 Å². The number of aromatic nitrogens is 2. The Balaban J connectivity index is 1.44. The first-order valence-corrected chi connectivity index (χ1v) is 9.72. The van der Waals surface area contributed by atoms with E-state index in [1.54, 1.807) is 13.4 Å². The minimum atomic E-state index is -0.125. The molecule has 1 atom stereocenters. The number of rotatable bonds is 5. The fourth-order valence-corrected chi connectivity index (χ4v) is 3.60. The Bertz CT molecular complexity index is 970. The van der Waals surface area contributed by atoms with Gasteiger partial charge in [-0.25, -0.2) is 0 Å². The van der Waals surface area contributed by atoms with Crippen molar-refractivity contribution in [1.29, 1.82) is 0 Å². The van der Waals surface area contributed by atoms with Crippen LogP contribution in [0.2, 0.25) is 0 Å². The van der Waals surface area contributed by atoms with Crippen molar-refractivity contribution in [2.75, 3.05) is 30.4 Å². The zero-order valence-corrected chi connectivity index (χ0v) is 16.6. The Labute approximate surface area is 169 Å². The van der Waals surface area contributed by atoms with E-state index in [9.17, 15) is 4.79 Å². The van der Waals surface area contributed by atoms with Crippen molar-refractivity contribution < 1.29 is 13.9 Å². The third kappa shape index (κ3) is 4.23. The van der Waals surface area contributed by atoms with Gasteiger partial charge in [0.1, 0.15) is 11.4 Å². The van der Waals surface area contributed by atoms with Gasteiger partial charge in [0, 0.05) is 13.1 Å². The second kappa shape index (κ2) is 8.34. The van der Waals surface area contributed by atoms with Gasteiger partial charge in [-0.3, -0.25) is 4.79 Å². The molecule has 1 fully saturated rings. The van der Waals surface area contributed by atoms with Gasteiger partial charge in [0.2, 0.25) is 5.91 Å². The van der Waals surface area contributed by atoms with Gasteiger partial charge >= 0.3 is 0 Å². The number of amides is 1. The minimum Gasteiger partial charge on any atom is -0.495 e. The van der Waals surface area contributed by atoms with Gasteiger partial charge in [0.05, 0.1) is 25.0 Å². The van der Waals surface area contributed by atoms with E-state index in [-0.39, 0.29) is 11.8 Å². The number of hydrogen-bond acceptors (Lipinski definition) is 6. The van der Waals surface area contributed by atoms with Crippen LogP contribution in [0.5, 0.6) is 5.75 Å². The van der Waals surface area contributed by atoms with Gasteiger partial charge in [-0.2, -0.15) is 0 Å². The highest BCUT2D eigenvalue weighted by Crippen LogP contribution is 2.28. The number of benzene rings is 1. The van der Waals surface area contributed by atoms with Crippen LogP contribution in [0, 0.1) is 12.8 Å². The molecule has 1 N–H and O–H groups in total. The molecule has 7 heteroatoms. The first-order valence-electron chi connectivity index (χ1n) is 9.72. The van der Waals surface area contributed by atoms with E-state index in [0.717, 1.165) is 30.8 Å². The van der Waals surface area contributed by atoms with Crippen molar-refractivity contribution in [3.8, 4) is 17.2 Å². The molecule has 0 spiro atoms. The lowest BCUT2D eigenvalue weighted by Crippen LogP contribution is -2.41. The van der Waals surface area contributed by atoms with Crippen molar-refractivity contribution in [3.63, 3.8) is 0 Å². The maximum atomic E-state index is 12.9. The molecule has 3 heterocycles. The molecule has 1 amide bonds. The first kappa shape index (κ1) is 19.0. The Hall–Kier alpha value is -3.35. The van der Waals surface area contributed by atoms with Crippen molar-refractivity contribution in [1.82, 2.24) is 10.2 Å². The normalized spacial score (nSPS) is 16.5. The van der Waals surface area contributed by atoms with Gasteiger partial charge in [-0.05, 0) is 61.7 Å². The topological polar surface area (TPSA) is 80.5 Å². The van der Waals surface area contributed by atoms with Crippen LogP contribution in [0.4, 0.5) is 11.5 Å². The molecule has 1 saturated heterocycles. The van der Waals surface area contributed by atoms with Crippen LogP contribution in [-0.2, 0) is 4.79 Å². The van der Waals surface area contributed by atoms with E-state index in [1.165, 1.54) is 0 Å². The number of furan rings is 1. The molecule has 1 aliphatic rings. The number of carbonyl (C=O) groups excluding carboxylic acids is 1. The highest BCUT2D eigenvalue weighted by molar-refractivity contribution is 5.94. The van der Waals surface area contributed by atoms with E-state index < -0.39 is 0 Å². The number of aryl methyl sites for hydroxylation is 1. The summed E-state index contributed by atoms with van der Waals surface area (Å²) in [5, 5.41) is 11.6. The highest BCUT2D eigenvalue weighted by atomic mass is 16.5. The number of carbonyl (C=O) groups is 1. The summed E-state index contributed by atoms with van der Waals surface area (Å²) < 4.78 is 10.7. The number of ether oxygens (including phenoxy) is 1. The number of anilines is 2. The first-order chi connectivity index (χ1) is 14.1. The van der Waals surface area contributed by atoms with E-state index in [2.05, 4.69) is 20.4 Å². The smallest absolute Gasteiger partial charge is 0.229 e. The fraction of sp³-hybridized carbons (Fsp3) is 0.318. The van der Waals surface area contributed by atoms with Crippen LogP contribution < -0.4 is 15.0 Å². The number of methoxy groups -OCH3 is 1. The summed E-state index contributed by atoms with van der Waals surface area (Å²) in [5.41, 5.74) is 2.46. The Kier molecular flexibility index (Phi) is 5.46. The molecule has 2 aromatic heterocycles. The fourth-order valence-electron chi connectivity index (χ4n) is 3.60. The zero-order valence-electron chi connectivity index (χ0n) is 16.6. The van der Waals surface area contributed by atoms with Gasteiger partial charge in [0.15, 0.2) is 11.6 Å². The van der Waals surface area contributed by atoms with Gasteiger partial charge in [-0.1, -0.05) is 6.07 Å². The van der Waals surface area contributed by atoms with E-state index in [4.69, 9.17) is 9.15 Å². The van der Waals surface area contributed by atoms with Crippen molar-refractivity contribution in [3.05, 3.63) is 54.3 Å². The molecule has 0 radical (unpaired) electrons. The van der Waals surface area contributed by atoms with E-state index in [1.807, 2.05) is 49.4 Å². The highest BCUT2D eigenvalue weighted by Gasteiger charge is 2.27. The summed E-state index contributed by atoms with van der Waals surface area (Å²) >= 11 is 0. The monoisotopic (exact) mass is 392 g/mol. The number of nitrogens with zero attached hydrogens (tertiary/aromatic N) is 3. The summed E-state index contributed by atoms with van der Waals surface area (Å²) in [4.78, 5) is 15.0. The summed E-state index contributed by atoms with van der Waals surface area (Å²) in [6.07, 6.45) is 3.38. The van der Waals surface area contributed by atoms with Crippen LogP contribution in [0.15, 0.2) is 53.1 Å². The van der Waals surface area contributed by atoms with Crippen molar-refractivity contribution in [2.24, 2.45) is 5.92 Å². The molecule has 4 rings (SSSR count). The SMILES string of the molecule is COc1ccc(C)cc1NC(=O)C1CCCN(c2ccc(-c3ccco3)nn2)C1. The van der Waals surface area contributed by atoms with Crippen LogP contribution in [0.3, 0.4) is 0 Å². The summed E-state index contributed by atoms with van der Waals surface area (Å²) in [6.45, 7) is 3.45. The second-order valence-corrected chi connectivity index (χ2v) is 7.23. The molecule has 0 aliphatic carbocycles. The summed E-state index contributed by atoms with van der Waals surface area (Å²) in [7, 11) is 1.60. The van der Waals surface area contributed by atoms with Gasteiger partial charge in [0.25, 0.3) is 0 Å². The Morgan fingerprint density at radius 2 is 2.14 bits per heavy atom. The average Bonchev–Trinajstić information content (AvgIpc) is 3.29. The molecular weight excluding hydrogens is 368 g/mol. The Morgan fingerprint density at radius 1 is 1.24 bits per heavy atom. The van der Waals surface area contributed by atoms with E-state index in [0.29, 0.717) is 29.4 Å². The predicted octanol–water partition coefficient (Wildman–Crippen LogP) is 3.91. The van der Waals surface area contributed by atoms with Crippen molar-refractivity contribution in [2.45, 2.75) is 19.8 Å². The molecule has 150 valence electrons. The summed E-state index contributed by atoms with van der Waals surface area (Å²) in [5.74, 6) is 1.99. The zero-order chi connectivity index (χ0) is 20.2. The standard InChI is InChI=1S/C22H24N4O3/c1-15-7-9-19(28-2)18(13-15)23-22(27)16-5-3-11-26(14-16)21-10-8-17(24-25-21)20-6-4-12-29-20/h4,6-10,12-13,16H,3,5,11,14H2,1-2H3,(H,23,27). The quantitative estimate of drug-likeness (QED) is 0.709. The molecule has 3 aromatic rings. The predicted molar refractivity (Wildman–Crippen MR) is 111 cm³/mol. The van der Waals surface area contributed by atoms with Crippen LogP contribution in [-0.4, -0.2) is 36.3 Å². The Morgan fingerprint density at radius 3 is 2.86 bits per heavy atom. The van der Waals surface area contributed by atoms with Crippen LogP contribution in [0.1, 0.15) is 18.4 Å². The lowest BCUT2D eigenvalue weighted by atomic mass is 9.97. The number of piperidine rings is 1. The number of nitrogens with one attached hydrogen (secondary N) is 1. The van der Waals surface area contributed by atoms with E-state index >= 15 is 0 Å². The minimum absolute atomic E-state index is 0.00114. The van der Waals surface area contributed by atoms with Crippen molar-refractivity contribution >= 4 is 17.4 Å². The maximum absolute atomic E-state index is 12.9. The molecule has 7 nitrogen and oxygen atoms in total. The van der Waals surface area contributed by atoms with Gasteiger partial charge in [-0.15, -0.1) is 10.2 Å². The second-order valence-electron chi connectivity index (χ2n) is 7.23. The maximum Gasteiger partial charge on any atom is 0.229 e. The summed E-state index contributed by atoms with van der Waals surface area (Å²) in [6, 6.07) is 13.2.